The number of nitrogens with zero attached hydrogens (tertiary/aromatic N) is 1. The van der Waals surface area contributed by atoms with Crippen LogP contribution in [0, 0.1) is 5.92 Å². The number of hydrogen-bond donors (Lipinski definition) is 1. The van der Waals surface area contributed by atoms with Crippen molar-refractivity contribution < 1.29 is 8.78 Å². The lowest BCUT2D eigenvalue weighted by atomic mass is 9.97. The highest BCUT2D eigenvalue weighted by atomic mass is 19.3. The molecule has 0 aromatic heterocycles. The Labute approximate surface area is 65.4 Å². The Morgan fingerprint density at radius 2 is 2.09 bits per heavy atom. The van der Waals surface area contributed by atoms with Gasteiger partial charge in [-0.3, -0.25) is 4.90 Å². The van der Waals surface area contributed by atoms with E-state index in [0.717, 1.165) is 19.5 Å². The van der Waals surface area contributed by atoms with Gasteiger partial charge in [-0.25, -0.2) is 8.78 Å². The molecule has 0 unspecified atom stereocenters. The number of rotatable bonds is 4. The van der Waals surface area contributed by atoms with Crippen LogP contribution in [0.5, 0.6) is 0 Å². The fraction of sp³-hybridized carbons (Fsp3) is 1.00. The van der Waals surface area contributed by atoms with Crippen molar-refractivity contribution in [2.45, 2.75) is 12.8 Å². The minimum Gasteiger partial charge on any atom is -0.330 e. The summed E-state index contributed by atoms with van der Waals surface area (Å²) in [6.07, 6.45) is -1.21. The summed E-state index contributed by atoms with van der Waals surface area (Å²) in [6.45, 7) is 2.22. The van der Waals surface area contributed by atoms with Gasteiger partial charge in [0.25, 0.3) is 6.43 Å². The summed E-state index contributed by atoms with van der Waals surface area (Å²) in [7, 11) is 0. The first kappa shape index (κ1) is 8.87. The molecule has 0 amide bonds. The smallest absolute Gasteiger partial charge is 0.251 e. The van der Waals surface area contributed by atoms with Crippen LogP contribution in [-0.4, -0.2) is 37.5 Å². The normalized spacial score (nSPS) is 20.7. The van der Waals surface area contributed by atoms with Crippen molar-refractivity contribution in [2.24, 2.45) is 11.7 Å². The van der Waals surface area contributed by atoms with Crippen molar-refractivity contribution in [1.29, 1.82) is 0 Å². The molecule has 1 aliphatic heterocycles. The average Bonchev–Trinajstić information content (AvgIpc) is 1.82. The van der Waals surface area contributed by atoms with Gasteiger partial charge in [0, 0.05) is 13.1 Å². The Morgan fingerprint density at radius 3 is 2.55 bits per heavy atom. The Hall–Kier alpha value is -0.220. The van der Waals surface area contributed by atoms with Gasteiger partial charge in [-0.05, 0) is 18.9 Å². The standard InChI is InChI=1S/C7H14F2N2/c8-7(9)5-11-3-6(4-11)1-2-10/h6-7H,1-5,10H2. The third-order valence-electron chi connectivity index (χ3n) is 2.00. The average molecular weight is 164 g/mol. The third kappa shape index (κ3) is 2.71. The van der Waals surface area contributed by atoms with Gasteiger partial charge in [-0.15, -0.1) is 0 Å². The first-order valence-corrected chi connectivity index (χ1v) is 3.93. The van der Waals surface area contributed by atoms with Gasteiger partial charge in [0.15, 0.2) is 0 Å². The van der Waals surface area contributed by atoms with Crippen LogP contribution in [0.15, 0.2) is 0 Å². The highest BCUT2D eigenvalue weighted by Crippen LogP contribution is 2.18. The number of hydrogen-bond acceptors (Lipinski definition) is 2. The zero-order valence-electron chi connectivity index (χ0n) is 6.47. The molecule has 11 heavy (non-hydrogen) atoms. The lowest BCUT2D eigenvalue weighted by molar-refractivity contribution is 0.0234. The fourth-order valence-electron chi connectivity index (χ4n) is 1.44. The molecule has 2 N–H and O–H groups in total. The SMILES string of the molecule is NCCC1CN(CC(F)F)C1. The first-order valence-electron chi connectivity index (χ1n) is 3.93. The van der Waals surface area contributed by atoms with Crippen LogP contribution >= 0.6 is 0 Å². The summed E-state index contributed by atoms with van der Waals surface area (Å²) in [5, 5.41) is 0. The molecule has 0 radical (unpaired) electrons. The minimum atomic E-state index is -2.19. The van der Waals surface area contributed by atoms with Gasteiger partial charge in [0.1, 0.15) is 0 Å². The van der Waals surface area contributed by atoms with Gasteiger partial charge in [-0.1, -0.05) is 0 Å². The van der Waals surface area contributed by atoms with E-state index in [1.807, 2.05) is 0 Å². The minimum absolute atomic E-state index is 0.0684. The second kappa shape index (κ2) is 3.97. The largest absolute Gasteiger partial charge is 0.330 e. The van der Waals surface area contributed by atoms with E-state index < -0.39 is 6.43 Å². The summed E-state index contributed by atoms with van der Waals surface area (Å²) < 4.78 is 23.5. The van der Waals surface area contributed by atoms with E-state index in [2.05, 4.69) is 0 Å². The zero-order chi connectivity index (χ0) is 8.27. The van der Waals surface area contributed by atoms with E-state index in [1.54, 1.807) is 4.90 Å². The summed E-state index contributed by atoms with van der Waals surface area (Å²) in [4.78, 5) is 1.77. The van der Waals surface area contributed by atoms with E-state index >= 15 is 0 Å². The van der Waals surface area contributed by atoms with Gasteiger partial charge in [0.2, 0.25) is 0 Å². The molecule has 0 aromatic carbocycles. The van der Waals surface area contributed by atoms with Crippen LogP contribution in [0.4, 0.5) is 8.78 Å². The zero-order valence-corrected chi connectivity index (χ0v) is 6.47. The lowest BCUT2D eigenvalue weighted by Gasteiger charge is -2.38. The molecule has 0 atom stereocenters. The van der Waals surface area contributed by atoms with Crippen LogP contribution < -0.4 is 5.73 Å². The van der Waals surface area contributed by atoms with Crippen molar-refractivity contribution in [3.05, 3.63) is 0 Å². The predicted molar refractivity (Wildman–Crippen MR) is 39.6 cm³/mol. The monoisotopic (exact) mass is 164 g/mol. The van der Waals surface area contributed by atoms with Crippen molar-refractivity contribution in [1.82, 2.24) is 4.90 Å². The summed E-state index contributed by atoms with van der Waals surface area (Å²) in [5.74, 6) is 0.568. The maximum atomic E-state index is 11.8. The van der Waals surface area contributed by atoms with Crippen LogP contribution in [0.3, 0.4) is 0 Å². The molecule has 0 spiro atoms. The highest BCUT2D eigenvalue weighted by molar-refractivity contribution is 4.79. The summed E-state index contributed by atoms with van der Waals surface area (Å²) in [5.41, 5.74) is 5.32. The number of halogens is 2. The first-order chi connectivity index (χ1) is 5.22. The molecule has 0 bridgehead atoms. The molecule has 1 saturated heterocycles. The van der Waals surface area contributed by atoms with E-state index in [1.165, 1.54) is 0 Å². The molecule has 4 heteroatoms. The van der Waals surface area contributed by atoms with Crippen molar-refractivity contribution in [2.75, 3.05) is 26.2 Å². The maximum absolute atomic E-state index is 11.8. The molecule has 1 heterocycles. The van der Waals surface area contributed by atoms with Crippen LogP contribution in [0.2, 0.25) is 0 Å². The molecule has 1 fully saturated rings. The van der Waals surface area contributed by atoms with E-state index in [0.29, 0.717) is 12.5 Å². The second-order valence-electron chi connectivity index (χ2n) is 3.05. The second-order valence-corrected chi connectivity index (χ2v) is 3.05. The highest BCUT2D eigenvalue weighted by Gasteiger charge is 2.27. The third-order valence-corrected chi connectivity index (χ3v) is 2.00. The van der Waals surface area contributed by atoms with Crippen LogP contribution in [0.1, 0.15) is 6.42 Å². The summed E-state index contributed by atoms with van der Waals surface area (Å²) >= 11 is 0. The molecule has 0 saturated carbocycles. The Morgan fingerprint density at radius 1 is 1.45 bits per heavy atom. The van der Waals surface area contributed by atoms with Crippen molar-refractivity contribution in [3.8, 4) is 0 Å². The molecule has 0 aliphatic carbocycles. The Kier molecular flexibility index (Phi) is 3.20. The van der Waals surface area contributed by atoms with Gasteiger partial charge < -0.3 is 5.73 Å². The number of nitrogens with two attached hydrogens (primary N) is 1. The number of alkyl halides is 2. The van der Waals surface area contributed by atoms with E-state index in [4.69, 9.17) is 5.73 Å². The summed E-state index contributed by atoms with van der Waals surface area (Å²) in [6, 6.07) is 0. The quantitative estimate of drug-likeness (QED) is 0.656. The van der Waals surface area contributed by atoms with Gasteiger partial charge in [-0.2, -0.15) is 0 Å². The predicted octanol–water partition coefficient (Wildman–Crippen LogP) is 0.532. The number of likely N-dealkylation sites (tertiary alicyclic amines) is 1. The topological polar surface area (TPSA) is 29.3 Å². The van der Waals surface area contributed by atoms with E-state index in [-0.39, 0.29) is 6.54 Å². The molecule has 1 rings (SSSR count). The Bertz CT molecular complexity index is 113. The fourth-order valence-corrected chi connectivity index (χ4v) is 1.44. The van der Waals surface area contributed by atoms with Gasteiger partial charge in [0.05, 0.1) is 6.54 Å². The molecular formula is C7H14F2N2. The maximum Gasteiger partial charge on any atom is 0.251 e. The van der Waals surface area contributed by atoms with Crippen molar-refractivity contribution >= 4 is 0 Å². The molecule has 0 aromatic rings. The van der Waals surface area contributed by atoms with Crippen molar-refractivity contribution in [3.63, 3.8) is 0 Å². The molecular weight excluding hydrogens is 150 g/mol. The lowest BCUT2D eigenvalue weighted by Crippen LogP contribution is -2.49. The van der Waals surface area contributed by atoms with Crippen LogP contribution in [-0.2, 0) is 0 Å². The van der Waals surface area contributed by atoms with Crippen LogP contribution in [0.25, 0.3) is 0 Å². The molecule has 66 valence electrons. The van der Waals surface area contributed by atoms with Gasteiger partial charge >= 0.3 is 0 Å². The Balaban J connectivity index is 2.00. The molecule has 2 nitrogen and oxygen atoms in total. The molecule has 1 aliphatic rings. The van der Waals surface area contributed by atoms with E-state index in [9.17, 15) is 8.78 Å².